The minimum atomic E-state index is -0.220. The first-order valence-electron chi connectivity index (χ1n) is 9.14. The number of fused-ring (bicyclic) bond motifs is 2. The van der Waals surface area contributed by atoms with Gasteiger partial charge in [-0.15, -0.1) is 0 Å². The number of hydrogen-bond acceptors (Lipinski definition) is 4. The maximum Gasteiger partial charge on any atom is 0.261 e. The standard InChI is InChI=1S/C21H20N2O4/c24-19-10-8-14-7-9-15(13-18(14)22-19)27-12-4-3-11-23-20(25)16-5-1-2-6-17(16)21(23)26/h1-2,5-7,9,13H,3-4,8,10-12H2,(H,22,24). The summed E-state index contributed by atoms with van der Waals surface area (Å²) in [6.07, 6.45) is 2.66. The summed E-state index contributed by atoms with van der Waals surface area (Å²) in [4.78, 5) is 37.4. The van der Waals surface area contributed by atoms with Gasteiger partial charge in [-0.05, 0) is 43.0 Å². The molecule has 2 heterocycles. The fraction of sp³-hybridized carbons (Fsp3) is 0.286. The first-order chi connectivity index (χ1) is 13.1. The normalized spacial score (nSPS) is 15.4. The molecule has 0 unspecified atom stereocenters. The van der Waals surface area contributed by atoms with Crippen LogP contribution in [0, 0.1) is 0 Å². The lowest BCUT2D eigenvalue weighted by Gasteiger charge is -2.18. The predicted molar refractivity (Wildman–Crippen MR) is 99.9 cm³/mol. The Morgan fingerprint density at radius 2 is 1.67 bits per heavy atom. The van der Waals surface area contributed by atoms with E-state index in [4.69, 9.17) is 4.74 Å². The highest BCUT2D eigenvalue weighted by Crippen LogP contribution is 2.27. The molecule has 0 aromatic heterocycles. The largest absolute Gasteiger partial charge is 0.494 e. The highest BCUT2D eigenvalue weighted by atomic mass is 16.5. The van der Waals surface area contributed by atoms with Crippen LogP contribution in [0.1, 0.15) is 45.5 Å². The Morgan fingerprint density at radius 1 is 0.926 bits per heavy atom. The van der Waals surface area contributed by atoms with E-state index in [-0.39, 0.29) is 17.7 Å². The summed E-state index contributed by atoms with van der Waals surface area (Å²) in [5.41, 5.74) is 2.90. The van der Waals surface area contributed by atoms with E-state index in [0.717, 1.165) is 24.1 Å². The molecule has 138 valence electrons. The Bertz CT molecular complexity index is 887. The van der Waals surface area contributed by atoms with Gasteiger partial charge in [0, 0.05) is 24.7 Å². The van der Waals surface area contributed by atoms with Crippen LogP contribution >= 0.6 is 0 Å². The van der Waals surface area contributed by atoms with Gasteiger partial charge >= 0.3 is 0 Å². The molecule has 6 nitrogen and oxygen atoms in total. The van der Waals surface area contributed by atoms with Crippen molar-refractivity contribution in [1.29, 1.82) is 0 Å². The molecule has 1 N–H and O–H groups in total. The monoisotopic (exact) mass is 364 g/mol. The van der Waals surface area contributed by atoms with E-state index in [1.165, 1.54) is 4.90 Å². The maximum absolute atomic E-state index is 12.3. The summed E-state index contributed by atoms with van der Waals surface area (Å²) in [6.45, 7) is 0.867. The van der Waals surface area contributed by atoms with Gasteiger partial charge in [-0.2, -0.15) is 0 Å². The van der Waals surface area contributed by atoms with E-state index in [0.29, 0.717) is 42.9 Å². The van der Waals surface area contributed by atoms with Crippen LogP contribution in [0.5, 0.6) is 5.75 Å². The molecule has 0 spiro atoms. The predicted octanol–water partition coefficient (Wildman–Crippen LogP) is 3.03. The third kappa shape index (κ3) is 3.43. The van der Waals surface area contributed by atoms with E-state index < -0.39 is 0 Å². The molecule has 0 saturated carbocycles. The van der Waals surface area contributed by atoms with Crippen molar-refractivity contribution in [3.63, 3.8) is 0 Å². The Hall–Kier alpha value is -3.15. The third-order valence-electron chi connectivity index (χ3n) is 4.90. The van der Waals surface area contributed by atoms with Crippen LogP contribution in [0.15, 0.2) is 42.5 Å². The van der Waals surface area contributed by atoms with Crippen molar-refractivity contribution in [3.8, 4) is 5.75 Å². The number of imide groups is 1. The maximum atomic E-state index is 12.3. The van der Waals surface area contributed by atoms with Gasteiger partial charge in [-0.1, -0.05) is 18.2 Å². The quantitative estimate of drug-likeness (QED) is 0.631. The number of carbonyl (C=O) groups excluding carboxylic acids is 3. The number of unbranched alkanes of at least 4 members (excludes halogenated alkanes) is 1. The number of amides is 3. The molecule has 0 saturated heterocycles. The molecule has 0 radical (unpaired) electrons. The molecule has 2 aromatic rings. The molecule has 6 heteroatoms. The van der Waals surface area contributed by atoms with Crippen molar-refractivity contribution in [1.82, 2.24) is 4.90 Å². The zero-order valence-electron chi connectivity index (χ0n) is 14.9. The zero-order chi connectivity index (χ0) is 18.8. The fourth-order valence-corrected chi connectivity index (χ4v) is 3.44. The molecule has 4 rings (SSSR count). The Labute approximate surface area is 157 Å². The van der Waals surface area contributed by atoms with E-state index in [1.807, 2.05) is 18.2 Å². The first kappa shape index (κ1) is 17.3. The molecule has 0 bridgehead atoms. The Morgan fingerprint density at radius 3 is 2.41 bits per heavy atom. The number of nitrogens with one attached hydrogen (secondary N) is 1. The van der Waals surface area contributed by atoms with Gasteiger partial charge in [-0.3, -0.25) is 19.3 Å². The van der Waals surface area contributed by atoms with Gasteiger partial charge in [0.2, 0.25) is 5.91 Å². The van der Waals surface area contributed by atoms with Crippen LogP contribution in [0.2, 0.25) is 0 Å². The summed E-state index contributed by atoms with van der Waals surface area (Å²) in [5.74, 6) is 0.293. The minimum Gasteiger partial charge on any atom is -0.494 e. The smallest absolute Gasteiger partial charge is 0.261 e. The fourth-order valence-electron chi connectivity index (χ4n) is 3.44. The number of benzene rings is 2. The van der Waals surface area contributed by atoms with Crippen LogP contribution in [0.3, 0.4) is 0 Å². The lowest BCUT2D eigenvalue weighted by molar-refractivity contribution is -0.116. The molecule has 0 atom stereocenters. The minimum absolute atomic E-state index is 0.0283. The van der Waals surface area contributed by atoms with Gasteiger partial charge in [0.1, 0.15) is 5.75 Å². The molecule has 2 aliphatic heterocycles. The molecule has 0 aliphatic carbocycles. The van der Waals surface area contributed by atoms with E-state index in [1.54, 1.807) is 24.3 Å². The van der Waals surface area contributed by atoms with E-state index in [9.17, 15) is 14.4 Å². The zero-order valence-corrected chi connectivity index (χ0v) is 14.9. The van der Waals surface area contributed by atoms with Crippen LogP contribution in [-0.4, -0.2) is 35.8 Å². The molecule has 27 heavy (non-hydrogen) atoms. The van der Waals surface area contributed by atoms with Crippen LogP contribution in [0.4, 0.5) is 5.69 Å². The molecular formula is C21H20N2O4. The highest BCUT2D eigenvalue weighted by Gasteiger charge is 2.34. The van der Waals surface area contributed by atoms with Gasteiger partial charge in [0.25, 0.3) is 11.8 Å². The second-order valence-corrected chi connectivity index (χ2v) is 6.73. The van der Waals surface area contributed by atoms with Crippen molar-refractivity contribution in [2.45, 2.75) is 25.7 Å². The number of nitrogens with zero attached hydrogens (tertiary/aromatic N) is 1. The molecule has 0 fully saturated rings. The highest BCUT2D eigenvalue weighted by molar-refractivity contribution is 6.21. The van der Waals surface area contributed by atoms with Crippen LogP contribution in [-0.2, 0) is 11.2 Å². The van der Waals surface area contributed by atoms with Crippen LogP contribution < -0.4 is 10.1 Å². The number of rotatable bonds is 6. The summed E-state index contributed by atoms with van der Waals surface area (Å²) < 4.78 is 5.75. The average Bonchev–Trinajstić information content (AvgIpc) is 2.92. The lowest BCUT2D eigenvalue weighted by Crippen LogP contribution is -2.30. The summed E-state index contributed by atoms with van der Waals surface area (Å²) in [6, 6.07) is 12.6. The van der Waals surface area contributed by atoms with Gasteiger partial charge in [0.05, 0.1) is 17.7 Å². The van der Waals surface area contributed by atoms with Crippen molar-refractivity contribution in [3.05, 3.63) is 59.2 Å². The number of carbonyl (C=O) groups is 3. The van der Waals surface area contributed by atoms with Crippen molar-refractivity contribution in [2.75, 3.05) is 18.5 Å². The third-order valence-corrected chi connectivity index (χ3v) is 4.90. The molecule has 2 aromatic carbocycles. The summed E-state index contributed by atoms with van der Waals surface area (Å²) in [7, 11) is 0. The SMILES string of the molecule is O=C1CCc2ccc(OCCCCN3C(=O)c4ccccc4C3=O)cc2N1. The Kier molecular flexibility index (Phi) is 4.62. The second-order valence-electron chi connectivity index (χ2n) is 6.73. The molecular weight excluding hydrogens is 344 g/mol. The number of anilines is 1. The summed E-state index contributed by atoms with van der Waals surface area (Å²) in [5, 5.41) is 2.86. The Balaban J connectivity index is 1.26. The first-order valence-corrected chi connectivity index (χ1v) is 9.14. The van der Waals surface area contributed by atoms with Gasteiger partial charge in [0.15, 0.2) is 0 Å². The average molecular weight is 364 g/mol. The van der Waals surface area contributed by atoms with Crippen molar-refractivity contribution in [2.24, 2.45) is 0 Å². The topological polar surface area (TPSA) is 75.7 Å². The van der Waals surface area contributed by atoms with E-state index >= 15 is 0 Å². The molecule has 3 amide bonds. The van der Waals surface area contributed by atoms with Crippen molar-refractivity contribution < 1.29 is 19.1 Å². The van der Waals surface area contributed by atoms with Crippen LogP contribution in [0.25, 0.3) is 0 Å². The second kappa shape index (κ2) is 7.23. The van der Waals surface area contributed by atoms with Gasteiger partial charge < -0.3 is 10.1 Å². The number of ether oxygens (including phenoxy) is 1. The van der Waals surface area contributed by atoms with Crippen molar-refractivity contribution >= 4 is 23.4 Å². The molecule has 2 aliphatic rings. The van der Waals surface area contributed by atoms with Gasteiger partial charge in [-0.25, -0.2) is 0 Å². The van der Waals surface area contributed by atoms with E-state index in [2.05, 4.69) is 5.32 Å². The number of hydrogen-bond donors (Lipinski definition) is 1. The lowest BCUT2D eigenvalue weighted by atomic mass is 10.0. The number of aryl methyl sites for hydroxylation is 1. The summed E-state index contributed by atoms with van der Waals surface area (Å²) >= 11 is 0.